The minimum absolute atomic E-state index is 0.0829. The summed E-state index contributed by atoms with van der Waals surface area (Å²) >= 11 is 0. The van der Waals surface area contributed by atoms with Gasteiger partial charge in [-0.3, -0.25) is 9.59 Å². The zero-order chi connectivity index (χ0) is 21.7. The first kappa shape index (κ1) is 21.8. The van der Waals surface area contributed by atoms with Crippen molar-refractivity contribution in [3.05, 3.63) is 65.0 Å². The second kappa shape index (κ2) is 9.71. The predicted molar refractivity (Wildman–Crippen MR) is 113 cm³/mol. The number of halogens is 1. The van der Waals surface area contributed by atoms with Crippen LogP contribution in [-0.4, -0.2) is 31.5 Å². The molecule has 2 aromatic carbocycles. The highest BCUT2D eigenvalue weighted by molar-refractivity contribution is 5.96. The summed E-state index contributed by atoms with van der Waals surface area (Å²) in [5.41, 5.74) is 7.74. The number of hydrogen-bond acceptors (Lipinski definition) is 4. The molecule has 3 rings (SSSR count). The van der Waals surface area contributed by atoms with Crippen LogP contribution in [0.3, 0.4) is 0 Å². The highest BCUT2D eigenvalue weighted by atomic mass is 19.1. The van der Waals surface area contributed by atoms with E-state index in [0.717, 1.165) is 24.8 Å². The van der Waals surface area contributed by atoms with Crippen molar-refractivity contribution in [3.63, 3.8) is 0 Å². The van der Waals surface area contributed by atoms with Crippen LogP contribution in [0.2, 0.25) is 0 Å². The molecule has 0 bridgehead atoms. The Hall–Kier alpha value is -2.93. The number of methoxy groups -OCH3 is 1. The second-order valence-electron chi connectivity index (χ2n) is 7.76. The number of rotatable bonds is 8. The molecule has 1 unspecified atom stereocenters. The maximum absolute atomic E-state index is 13.6. The van der Waals surface area contributed by atoms with Crippen LogP contribution in [0.15, 0.2) is 42.5 Å². The van der Waals surface area contributed by atoms with Gasteiger partial charge in [-0.1, -0.05) is 18.2 Å². The minimum Gasteiger partial charge on any atom is -0.494 e. The molecule has 0 aromatic heterocycles. The van der Waals surface area contributed by atoms with Gasteiger partial charge >= 0.3 is 0 Å². The number of ether oxygens (including phenoxy) is 1. The third-order valence-corrected chi connectivity index (χ3v) is 5.66. The molecule has 6 nitrogen and oxygen atoms in total. The molecule has 3 atom stereocenters. The molecule has 1 aliphatic carbocycles. The summed E-state index contributed by atoms with van der Waals surface area (Å²) in [4.78, 5) is 22.8. The Labute approximate surface area is 176 Å². The number of amides is 2. The Morgan fingerprint density at radius 3 is 2.60 bits per heavy atom. The molecule has 1 saturated carbocycles. The second-order valence-corrected chi connectivity index (χ2v) is 7.76. The van der Waals surface area contributed by atoms with Crippen LogP contribution in [0.1, 0.15) is 59.6 Å². The molecule has 1 fully saturated rings. The summed E-state index contributed by atoms with van der Waals surface area (Å²) in [5, 5.41) is 6.12. The minimum atomic E-state index is -0.572. The van der Waals surface area contributed by atoms with Crippen molar-refractivity contribution in [3.8, 4) is 5.75 Å². The lowest BCUT2D eigenvalue weighted by Crippen LogP contribution is -2.33. The topological polar surface area (TPSA) is 93.4 Å². The highest BCUT2D eigenvalue weighted by Gasteiger charge is 2.27. The number of carbonyl (C=O) groups is 2. The normalized spacial score (nSPS) is 19.3. The molecule has 0 radical (unpaired) electrons. The Morgan fingerprint density at radius 2 is 1.93 bits per heavy atom. The van der Waals surface area contributed by atoms with Gasteiger partial charge in [0.25, 0.3) is 5.91 Å². The Balaban J connectivity index is 1.56. The van der Waals surface area contributed by atoms with E-state index in [-0.39, 0.29) is 30.1 Å². The number of hydrogen-bond donors (Lipinski definition) is 3. The van der Waals surface area contributed by atoms with Crippen LogP contribution in [0.25, 0.3) is 0 Å². The molecule has 1 aliphatic rings. The van der Waals surface area contributed by atoms with E-state index in [0.29, 0.717) is 17.5 Å². The molecule has 2 amide bonds. The lowest BCUT2D eigenvalue weighted by Gasteiger charge is -2.21. The van der Waals surface area contributed by atoms with Gasteiger partial charge in [0.15, 0.2) is 11.6 Å². The molecule has 30 heavy (non-hydrogen) atoms. The van der Waals surface area contributed by atoms with Gasteiger partial charge < -0.3 is 21.1 Å². The average Bonchev–Trinajstić information content (AvgIpc) is 3.20. The first-order valence-electron chi connectivity index (χ1n) is 10.1. The van der Waals surface area contributed by atoms with Crippen LogP contribution in [0.5, 0.6) is 5.75 Å². The van der Waals surface area contributed by atoms with E-state index in [1.54, 1.807) is 24.3 Å². The molecule has 0 spiro atoms. The third kappa shape index (κ3) is 5.36. The zero-order valence-corrected chi connectivity index (χ0v) is 17.3. The lowest BCUT2D eigenvalue weighted by molar-refractivity contribution is -0.117. The van der Waals surface area contributed by atoms with Crippen molar-refractivity contribution in [2.75, 3.05) is 13.7 Å². The van der Waals surface area contributed by atoms with E-state index in [9.17, 15) is 14.0 Å². The number of nitrogens with one attached hydrogen (secondary N) is 2. The van der Waals surface area contributed by atoms with Gasteiger partial charge in [0, 0.05) is 17.6 Å². The van der Waals surface area contributed by atoms with E-state index in [1.807, 2.05) is 12.1 Å². The van der Waals surface area contributed by atoms with Gasteiger partial charge in [-0.25, -0.2) is 4.39 Å². The van der Waals surface area contributed by atoms with Crippen molar-refractivity contribution in [1.82, 2.24) is 10.6 Å². The summed E-state index contributed by atoms with van der Waals surface area (Å²) in [6.45, 7) is 1.90. The molecule has 0 saturated heterocycles. The molecular formula is C23H28FN3O3. The maximum atomic E-state index is 13.6. The maximum Gasteiger partial charge on any atom is 0.251 e. The SMILES string of the molecule is COc1cc([C@@H](C)N[C@H]2CCC(c3ccc(C(=O)NCC(N)=O)cc3)C2)ccc1F. The monoisotopic (exact) mass is 413 g/mol. The molecule has 0 heterocycles. The largest absolute Gasteiger partial charge is 0.494 e. The smallest absolute Gasteiger partial charge is 0.251 e. The molecule has 4 N–H and O–H groups in total. The standard InChI is InChI=1S/C23H28FN3O3/c1-14(17-8-10-20(24)21(12-17)30-2)27-19-9-7-18(11-19)15-3-5-16(6-4-15)23(29)26-13-22(25)28/h3-6,8,10,12,14,18-19,27H,7,9,11,13H2,1-2H3,(H2,25,28)(H,26,29)/t14-,18?,19+/m1/s1. The van der Waals surface area contributed by atoms with Crippen LogP contribution in [0.4, 0.5) is 4.39 Å². The highest BCUT2D eigenvalue weighted by Crippen LogP contribution is 2.35. The van der Waals surface area contributed by atoms with Crippen LogP contribution in [-0.2, 0) is 4.79 Å². The Bertz CT molecular complexity index is 901. The summed E-state index contributed by atoms with van der Waals surface area (Å²) in [7, 11) is 1.47. The van der Waals surface area contributed by atoms with Crippen molar-refractivity contribution in [2.45, 2.75) is 44.2 Å². The van der Waals surface area contributed by atoms with Gasteiger partial charge in [0.2, 0.25) is 5.91 Å². The van der Waals surface area contributed by atoms with Crippen LogP contribution in [0, 0.1) is 5.82 Å². The summed E-state index contributed by atoms with van der Waals surface area (Å²) in [6.07, 6.45) is 3.11. The van der Waals surface area contributed by atoms with Crippen LogP contribution >= 0.6 is 0 Å². The predicted octanol–water partition coefficient (Wildman–Crippen LogP) is 3.04. The zero-order valence-electron chi connectivity index (χ0n) is 17.3. The fraction of sp³-hybridized carbons (Fsp3) is 0.391. The molecule has 7 heteroatoms. The lowest BCUT2D eigenvalue weighted by atomic mass is 9.96. The van der Waals surface area contributed by atoms with Gasteiger partial charge in [-0.05, 0) is 67.5 Å². The van der Waals surface area contributed by atoms with Gasteiger partial charge in [0.1, 0.15) is 0 Å². The van der Waals surface area contributed by atoms with E-state index in [4.69, 9.17) is 10.5 Å². The molecular weight excluding hydrogens is 385 g/mol. The number of primary amides is 1. The first-order chi connectivity index (χ1) is 14.4. The van der Waals surface area contributed by atoms with E-state index >= 15 is 0 Å². The Morgan fingerprint density at radius 1 is 1.20 bits per heavy atom. The van der Waals surface area contributed by atoms with Gasteiger partial charge in [-0.15, -0.1) is 0 Å². The summed E-state index contributed by atoms with van der Waals surface area (Å²) < 4.78 is 18.7. The fourth-order valence-corrected chi connectivity index (χ4v) is 4.01. The summed E-state index contributed by atoms with van der Waals surface area (Å²) in [6, 6.07) is 12.9. The molecule has 2 aromatic rings. The van der Waals surface area contributed by atoms with E-state index in [2.05, 4.69) is 17.6 Å². The van der Waals surface area contributed by atoms with Crippen molar-refractivity contribution >= 4 is 11.8 Å². The van der Waals surface area contributed by atoms with Crippen molar-refractivity contribution in [1.29, 1.82) is 0 Å². The van der Waals surface area contributed by atoms with Crippen molar-refractivity contribution in [2.24, 2.45) is 5.73 Å². The van der Waals surface area contributed by atoms with Gasteiger partial charge in [-0.2, -0.15) is 0 Å². The quantitative estimate of drug-likeness (QED) is 0.620. The molecule has 160 valence electrons. The van der Waals surface area contributed by atoms with Crippen LogP contribution < -0.4 is 21.1 Å². The van der Waals surface area contributed by atoms with E-state index in [1.165, 1.54) is 18.7 Å². The van der Waals surface area contributed by atoms with Gasteiger partial charge in [0.05, 0.1) is 13.7 Å². The number of benzene rings is 2. The van der Waals surface area contributed by atoms with E-state index < -0.39 is 5.91 Å². The first-order valence-corrected chi connectivity index (χ1v) is 10.1. The fourth-order valence-electron chi connectivity index (χ4n) is 4.01. The Kier molecular flexibility index (Phi) is 7.05. The number of carbonyl (C=O) groups excluding carboxylic acids is 2. The average molecular weight is 413 g/mol. The summed E-state index contributed by atoms with van der Waals surface area (Å²) in [5.74, 6) is -0.570. The number of nitrogens with two attached hydrogens (primary N) is 1. The third-order valence-electron chi connectivity index (χ3n) is 5.66. The van der Waals surface area contributed by atoms with Crippen molar-refractivity contribution < 1.29 is 18.7 Å². The molecule has 0 aliphatic heterocycles.